The van der Waals surface area contributed by atoms with Gasteiger partial charge >= 0.3 is 0 Å². The zero-order chi connectivity index (χ0) is 19.1. The van der Waals surface area contributed by atoms with Gasteiger partial charge in [0.25, 0.3) is 0 Å². The van der Waals surface area contributed by atoms with E-state index in [1.54, 1.807) is 36.0 Å². The summed E-state index contributed by atoms with van der Waals surface area (Å²) in [5, 5.41) is 5.51. The lowest BCUT2D eigenvalue weighted by Crippen LogP contribution is -2.35. The topological polar surface area (TPSA) is 34.6 Å². The minimum atomic E-state index is 0.584. The molecule has 3 aromatic rings. The van der Waals surface area contributed by atoms with Crippen LogP contribution in [0.2, 0.25) is 0 Å². The summed E-state index contributed by atoms with van der Waals surface area (Å²) in [6.45, 7) is 2.07. The quantitative estimate of drug-likeness (QED) is 0.543. The highest BCUT2D eigenvalue weighted by atomic mass is 32.1. The summed E-state index contributed by atoms with van der Waals surface area (Å²) in [6.07, 6.45) is 3.90. The number of nitrogens with zero attached hydrogens (tertiary/aromatic N) is 2. The van der Waals surface area contributed by atoms with Gasteiger partial charge in [0, 0.05) is 35.0 Å². The molecule has 3 heterocycles. The number of fused-ring (bicyclic) bond motifs is 1. The van der Waals surface area contributed by atoms with E-state index in [4.69, 9.17) is 14.5 Å². The maximum absolute atomic E-state index is 5.44. The number of benzene rings is 1. The first kappa shape index (κ1) is 18.2. The molecule has 28 heavy (non-hydrogen) atoms. The lowest BCUT2D eigenvalue weighted by molar-refractivity contribution is 0.156. The van der Waals surface area contributed by atoms with Gasteiger partial charge in [-0.25, -0.2) is 4.98 Å². The molecule has 1 aliphatic heterocycles. The third-order valence-electron chi connectivity index (χ3n) is 5.73. The van der Waals surface area contributed by atoms with Crippen molar-refractivity contribution in [2.45, 2.75) is 31.8 Å². The summed E-state index contributed by atoms with van der Waals surface area (Å²) in [7, 11) is 3.33. The first-order valence-corrected chi connectivity index (χ1v) is 11.5. The van der Waals surface area contributed by atoms with Gasteiger partial charge < -0.3 is 9.47 Å². The lowest BCUT2D eigenvalue weighted by atomic mass is 9.96. The molecule has 0 N–H and O–H groups in total. The number of methoxy groups -OCH3 is 2. The number of thiazole rings is 1. The molecule has 2 aliphatic rings. The maximum atomic E-state index is 5.44. The standard InChI is InChI=1S/C22H24N2O2S2/c1-25-18-6-5-15(11-19(18)26-2)22-23-16(13-28-22)12-24-9-7-20-17(8-10-27-20)21(24)14-3-4-14/h5-6,8,10-11,13-14,21H,3-4,7,9,12H2,1-2H3/t21-/m0/s1. The van der Waals surface area contributed by atoms with Crippen molar-refractivity contribution in [2.24, 2.45) is 5.92 Å². The minimum absolute atomic E-state index is 0.584. The van der Waals surface area contributed by atoms with E-state index in [0.717, 1.165) is 41.1 Å². The smallest absolute Gasteiger partial charge is 0.161 e. The molecule has 4 nitrogen and oxygen atoms in total. The number of rotatable bonds is 6. The predicted molar refractivity (Wildman–Crippen MR) is 115 cm³/mol. The molecule has 0 saturated heterocycles. The second-order valence-corrected chi connectivity index (χ2v) is 9.37. The van der Waals surface area contributed by atoms with Gasteiger partial charge in [-0.3, -0.25) is 4.90 Å². The summed E-state index contributed by atoms with van der Waals surface area (Å²) in [5.74, 6) is 2.32. The Morgan fingerprint density at radius 3 is 2.75 bits per heavy atom. The predicted octanol–water partition coefficient (Wildman–Crippen LogP) is 5.40. The normalized spacial score (nSPS) is 19.4. The Kier molecular flexibility index (Phi) is 4.87. The van der Waals surface area contributed by atoms with Gasteiger partial charge in [0.1, 0.15) is 5.01 Å². The van der Waals surface area contributed by atoms with Crippen LogP contribution in [-0.2, 0) is 13.0 Å². The Morgan fingerprint density at radius 1 is 1.11 bits per heavy atom. The highest BCUT2D eigenvalue weighted by Crippen LogP contribution is 2.48. The third kappa shape index (κ3) is 3.34. The van der Waals surface area contributed by atoms with Crippen LogP contribution in [0.15, 0.2) is 35.0 Å². The van der Waals surface area contributed by atoms with E-state index >= 15 is 0 Å². The first-order valence-electron chi connectivity index (χ1n) is 9.74. The van der Waals surface area contributed by atoms with Crippen molar-refractivity contribution in [3.63, 3.8) is 0 Å². The highest BCUT2D eigenvalue weighted by molar-refractivity contribution is 7.13. The fraction of sp³-hybridized carbons (Fsp3) is 0.409. The van der Waals surface area contributed by atoms with E-state index in [2.05, 4.69) is 27.8 Å². The Morgan fingerprint density at radius 2 is 1.96 bits per heavy atom. The molecule has 2 aromatic heterocycles. The summed E-state index contributed by atoms with van der Waals surface area (Å²) >= 11 is 3.63. The highest BCUT2D eigenvalue weighted by Gasteiger charge is 2.39. The van der Waals surface area contributed by atoms with Crippen LogP contribution in [-0.4, -0.2) is 30.6 Å². The van der Waals surface area contributed by atoms with E-state index in [-0.39, 0.29) is 0 Å². The zero-order valence-electron chi connectivity index (χ0n) is 16.2. The van der Waals surface area contributed by atoms with Crippen LogP contribution in [0.4, 0.5) is 0 Å². The Hall–Kier alpha value is -1.89. The van der Waals surface area contributed by atoms with Crippen molar-refractivity contribution >= 4 is 22.7 Å². The largest absolute Gasteiger partial charge is 0.493 e. The molecule has 0 spiro atoms. The Bertz CT molecular complexity index is 977. The average molecular weight is 413 g/mol. The van der Waals surface area contributed by atoms with E-state index < -0.39 is 0 Å². The SMILES string of the molecule is COc1ccc(-c2nc(CN3CCc4sccc4[C@@H]3C3CC3)cs2)cc1OC. The molecule has 1 fully saturated rings. The second-order valence-electron chi connectivity index (χ2n) is 7.52. The number of ether oxygens (including phenoxy) is 2. The fourth-order valence-corrected chi connectivity index (χ4v) is 5.95. The molecule has 1 atom stereocenters. The zero-order valence-corrected chi connectivity index (χ0v) is 17.8. The Labute approximate surface area is 173 Å². The molecule has 1 saturated carbocycles. The Balaban J connectivity index is 1.37. The minimum Gasteiger partial charge on any atom is -0.493 e. The number of hydrogen-bond acceptors (Lipinski definition) is 6. The molecule has 6 heteroatoms. The van der Waals surface area contributed by atoms with Crippen LogP contribution in [0, 0.1) is 5.92 Å². The van der Waals surface area contributed by atoms with Gasteiger partial charge in [-0.15, -0.1) is 22.7 Å². The summed E-state index contributed by atoms with van der Waals surface area (Å²) < 4.78 is 10.8. The third-order valence-corrected chi connectivity index (χ3v) is 7.67. The lowest BCUT2D eigenvalue weighted by Gasteiger charge is -2.35. The van der Waals surface area contributed by atoms with Crippen molar-refractivity contribution in [1.29, 1.82) is 0 Å². The van der Waals surface area contributed by atoms with Crippen LogP contribution in [0.5, 0.6) is 11.5 Å². The number of hydrogen-bond donors (Lipinski definition) is 0. The van der Waals surface area contributed by atoms with Gasteiger partial charge in [-0.05, 0) is 60.4 Å². The average Bonchev–Trinajstić information content (AvgIpc) is 3.25. The molecule has 1 aromatic carbocycles. The van der Waals surface area contributed by atoms with Crippen LogP contribution >= 0.6 is 22.7 Å². The van der Waals surface area contributed by atoms with Gasteiger partial charge in [-0.1, -0.05) is 0 Å². The molecule has 0 bridgehead atoms. The van der Waals surface area contributed by atoms with Crippen molar-refractivity contribution in [3.8, 4) is 22.1 Å². The summed E-state index contributed by atoms with van der Waals surface area (Å²) in [6, 6.07) is 8.94. The molecule has 0 radical (unpaired) electrons. The fourth-order valence-electron chi connectivity index (χ4n) is 4.23. The van der Waals surface area contributed by atoms with Gasteiger partial charge in [-0.2, -0.15) is 0 Å². The molecule has 1 aliphatic carbocycles. The van der Waals surface area contributed by atoms with Crippen LogP contribution in [0.3, 0.4) is 0 Å². The molecular weight excluding hydrogens is 388 g/mol. The van der Waals surface area contributed by atoms with E-state index in [1.165, 1.54) is 25.0 Å². The molecule has 0 amide bonds. The van der Waals surface area contributed by atoms with Crippen molar-refractivity contribution in [1.82, 2.24) is 9.88 Å². The van der Waals surface area contributed by atoms with Crippen LogP contribution in [0.1, 0.15) is 35.0 Å². The first-order chi connectivity index (χ1) is 13.8. The van der Waals surface area contributed by atoms with Crippen molar-refractivity contribution in [3.05, 3.63) is 51.2 Å². The van der Waals surface area contributed by atoms with Crippen LogP contribution < -0.4 is 9.47 Å². The van der Waals surface area contributed by atoms with Gasteiger partial charge in [0.15, 0.2) is 11.5 Å². The summed E-state index contributed by atoms with van der Waals surface area (Å²) in [4.78, 5) is 9.19. The maximum Gasteiger partial charge on any atom is 0.161 e. The molecule has 0 unspecified atom stereocenters. The summed E-state index contributed by atoms with van der Waals surface area (Å²) in [5.41, 5.74) is 3.82. The second kappa shape index (κ2) is 7.50. The van der Waals surface area contributed by atoms with Crippen molar-refractivity contribution in [2.75, 3.05) is 20.8 Å². The molecule has 146 valence electrons. The molecule has 5 rings (SSSR count). The van der Waals surface area contributed by atoms with E-state index in [9.17, 15) is 0 Å². The van der Waals surface area contributed by atoms with E-state index in [0.29, 0.717) is 6.04 Å². The van der Waals surface area contributed by atoms with Crippen LogP contribution in [0.25, 0.3) is 10.6 Å². The number of thiophene rings is 1. The van der Waals surface area contributed by atoms with E-state index in [1.807, 2.05) is 23.5 Å². The van der Waals surface area contributed by atoms with Gasteiger partial charge in [0.05, 0.1) is 19.9 Å². The van der Waals surface area contributed by atoms with Gasteiger partial charge in [0.2, 0.25) is 0 Å². The monoisotopic (exact) mass is 412 g/mol. The molecular formula is C22H24N2O2S2. The number of aromatic nitrogens is 1. The van der Waals surface area contributed by atoms with Crippen molar-refractivity contribution < 1.29 is 9.47 Å².